The van der Waals surface area contributed by atoms with Gasteiger partial charge in [0.05, 0.1) is 18.4 Å². The van der Waals surface area contributed by atoms with E-state index < -0.39 is 24.2 Å². The second-order valence-electron chi connectivity index (χ2n) is 11.3. The number of piperidine rings is 1. The normalized spacial score (nSPS) is 18.0. The van der Waals surface area contributed by atoms with Gasteiger partial charge in [-0.25, -0.2) is 8.78 Å². The fourth-order valence-electron chi connectivity index (χ4n) is 5.64. The summed E-state index contributed by atoms with van der Waals surface area (Å²) in [4.78, 5) is 44.4. The second kappa shape index (κ2) is 12.5. The van der Waals surface area contributed by atoms with E-state index in [1.54, 1.807) is 53.4 Å². The molecule has 10 heteroatoms. The Morgan fingerprint density at radius 2 is 1.72 bits per heavy atom. The molecule has 5 rings (SSSR count). The van der Waals surface area contributed by atoms with Crippen molar-refractivity contribution in [1.82, 2.24) is 9.80 Å². The van der Waals surface area contributed by atoms with Crippen LogP contribution in [0.25, 0.3) is 5.57 Å². The molecule has 1 saturated heterocycles. The van der Waals surface area contributed by atoms with Crippen LogP contribution in [0.5, 0.6) is 0 Å². The topological polar surface area (TPSA) is 86.1 Å². The highest BCUT2D eigenvalue weighted by molar-refractivity contribution is 6.09. The molecule has 0 radical (unpaired) electrons. The van der Waals surface area contributed by atoms with Gasteiger partial charge in [0.25, 0.3) is 11.8 Å². The molecule has 0 spiro atoms. The first-order valence-electron chi connectivity index (χ1n) is 14.4. The van der Waals surface area contributed by atoms with Gasteiger partial charge in [0.15, 0.2) is 0 Å². The zero-order valence-electron chi connectivity index (χ0n) is 24.6. The maximum Gasteiger partial charge on any atom is 0.275 e. The molecular formula is C33H36F2N4O4. The Morgan fingerprint density at radius 3 is 2.37 bits per heavy atom. The Balaban J connectivity index is 1.34. The Labute approximate surface area is 249 Å². The summed E-state index contributed by atoms with van der Waals surface area (Å²) in [5.74, 6) is -3.91. The molecule has 3 amide bonds. The van der Waals surface area contributed by atoms with Crippen LogP contribution in [0.2, 0.25) is 0 Å². The average Bonchev–Trinajstić information content (AvgIpc) is 3.35. The third kappa shape index (κ3) is 6.69. The fraction of sp³-hybridized carbons (Fsp3) is 0.364. The minimum Gasteiger partial charge on any atom is -0.469 e. The molecule has 2 aliphatic heterocycles. The first-order chi connectivity index (χ1) is 20.5. The van der Waals surface area contributed by atoms with Crippen molar-refractivity contribution < 1.29 is 27.6 Å². The number of rotatable bonds is 6. The summed E-state index contributed by atoms with van der Waals surface area (Å²) < 4.78 is 36.6. The molecule has 0 saturated carbocycles. The van der Waals surface area contributed by atoms with Crippen LogP contribution in [0.4, 0.5) is 20.2 Å². The number of para-hydroxylation sites is 1. The molecule has 0 bridgehead atoms. The van der Waals surface area contributed by atoms with Crippen molar-refractivity contribution in [1.29, 1.82) is 0 Å². The molecule has 3 aromatic rings. The third-order valence-corrected chi connectivity index (χ3v) is 8.25. The van der Waals surface area contributed by atoms with E-state index >= 15 is 8.78 Å². The van der Waals surface area contributed by atoms with Gasteiger partial charge >= 0.3 is 0 Å². The highest BCUT2D eigenvalue weighted by Gasteiger charge is 2.42. The minimum atomic E-state index is -3.32. The summed E-state index contributed by atoms with van der Waals surface area (Å²) in [7, 11) is 3.99. The first kappa shape index (κ1) is 30.2. The van der Waals surface area contributed by atoms with Crippen LogP contribution in [0.15, 0.2) is 71.4 Å². The Hall–Kier alpha value is -4.31. The average molecular weight is 591 g/mol. The molecule has 43 heavy (non-hydrogen) atoms. The predicted octanol–water partition coefficient (Wildman–Crippen LogP) is 5.39. The predicted molar refractivity (Wildman–Crippen MR) is 161 cm³/mol. The van der Waals surface area contributed by atoms with E-state index in [-0.39, 0.29) is 35.6 Å². The number of amides is 3. The molecule has 1 fully saturated rings. The molecule has 0 atom stereocenters. The molecule has 2 aliphatic rings. The number of hydrogen-bond acceptors (Lipinski definition) is 5. The number of aryl methyl sites for hydroxylation is 1. The van der Waals surface area contributed by atoms with Crippen molar-refractivity contribution in [3.05, 3.63) is 89.4 Å². The van der Waals surface area contributed by atoms with E-state index in [9.17, 15) is 14.4 Å². The Bertz CT molecular complexity index is 1520. The van der Waals surface area contributed by atoms with E-state index in [1.165, 1.54) is 17.2 Å². The van der Waals surface area contributed by atoms with Crippen LogP contribution >= 0.6 is 0 Å². The summed E-state index contributed by atoms with van der Waals surface area (Å²) in [5.41, 5.74) is 1.76. The number of allylic oxidation sites excluding steroid dienone is 1. The summed E-state index contributed by atoms with van der Waals surface area (Å²) in [5, 5.41) is 2.78. The van der Waals surface area contributed by atoms with Gasteiger partial charge in [-0.2, -0.15) is 0 Å². The molecule has 226 valence electrons. The van der Waals surface area contributed by atoms with Crippen LogP contribution in [-0.4, -0.2) is 73.2 Å². The highest BCUT2D eigenvalue weighted by atomic mass is 19.3. The van der Waals surface area contributed by atoms with Gasteiger partial charge < -0.3 is 24.4 Å². The van der Waals surface area contributed by atoms with Gasteiger partial charge in [-0.3, -0.25) is 14.4 Å². The zero-order valence-corrected chi connectivity index (χ0v) is 24.6. The number of likely N-dealkylation sites (tertiary alicyclic amines) is 1. The van der Waals surface area contributed by atoms with E-state index in [4.69, 9.17) is 4.42 Å². The molecule has 3 heterocycles. The SMILES string of the molecule is Cc1ccoc1CC(=O)Nc1ccc(C(=O)N2CCC(F)(F)/C(=C\C(=O)N3CCC(N(C)C)CC3)c3ccccc32)cc1. The Morgan fingerprint density at radius 1 is 1.02 bits per heavy atom. The van der Waals surface area contributed by atoms with Crippen LogP contribution in [0, 0.1) is 6.92 Å². The van der Waals surface area contributed by atoms with Gasteiger partial charge in [0.2, 0.25) is 11.8 Å². The molecule has 0 aliphatic carbocycles. The van der Waals surface area contributed by atoms with Crippen LogP contribution in [0.3, 0.4) is 0 Å². The van der Waals surface area contributed by atoms with Gasteiger partial charge in [-0.05, 0) is 75.8 Å². The van der Waals surface area contributed by atoms with Crippen LogP contribution in [-0.2, 0) is 16.0 Å². The highest BCUT2D eigenvalue weighted by Crippen LogP contribution is 2.43. The van der Waals surface area contributed by atoms with Gasteiger partial charge in [-0.1, -0.05) is 18.2 Å². The smallest absolute Gasteiger partial charge is 0.275 e. The number of furan rings is 1. The van der Waals surface area contributed by atoms with E-state index in [0.717, 1.165) is 24.5 Å². The van der Waals surface area contributed by atoms with Gasteiger partial charge in [0, 0.05) is 60.6 Å². The van der Waals surface area contributed by atoms with Gasteiger partial charge in [-0.15, -0.1) is 0 Å². The minimum absolute atomic E-state index is 0.0744. The zero-order chi connectivity index (χ0) is 30.7. The monoisotopic (exact) mass is 590 g/mol. The van der Waals surface area contributed by atoms with Crippen LogP contribution < -0.4 is 10.2 Å². The maximum absolute atomic E-state index is 15.6. The summed E-state index contributed by atoms with van der Waals surface area (Å²) in [6.07, 6.45) is 3.60. The number of hydrogen-bond donors (Lipinski definition) is 1. The van der Waals surface area contributed by atoms with Crippen molar-refractivity contribution in [2.75, 3.05) is 43.9 Å². The lowest BCUT2D eigenvalue weighted by Crippen LogP contribution is -2.44. The molecule has 1 N–H and O–H groups in total. The quantitative estimate of drug-likeness (QED) is 0.389. The number of halogens is 2. The molecule has 8 nitrogen and oxygen atoms in total. The Kier molecular flexibility index (Phi) is 8.77. The molecule has 0 unspecified atom stereocenters. The van der Waals surface area contributed by atoms with Crippen molar-refractivity contribution in [3.8, 4) is 0 Å². The van der Waals surface area contributed by atoms with E-state index in [0.29, 0.717) is 36.3 Å². The summed E-state index contributed by atoms with van der Waals surface area (Å²) in [6.45, 7) is 2.63. The second-order valence-corrected chi connectivity index (χ2v) is 11.3. The molecule has 1 aromatic heterocycles. The van der Waals surface area contributed by atoms with E-state index in [1.807, 2.05) is 21.0 Å². The lowest BCUT2D eigenvalue weighted by Gasteiger charge is -2.35. The molecular weight excluding hydrogens is 554 g/mol. The third-order valence-electron chi connectivity index (χ3n) is 8.25. The number of carbonyl (C=O) groups is 3. The van der Waals surface area contributed by atoms with Crippen molar-refractivity contribution >= 4 is 34.7 Å². The summed E-state index contributed by atoms with van der Waals surface area (Å²) >= 11 is 0. The maximum atomic E-state index is 15.6. The number of benzene rings is 2. The lowest BCUT2D eigenvalue weighted by molar-refractivity contribution is -0.127. The summed E-state index contributed by atoms with van der Waals surface area (Å²) in [6, 6.07) is 14.9. The lowest BCUT2D eigenvalue weighted by atomic mass is 9.96. The van der Waals surface area contributed by atoms with Crippen molar-refractivity contribution in [2.24, 2.45) is 0 Å². The van der Waals surface area contributed by atoms with Gasteiger partial charge in [0.1, 0.15) is 5.76 Å². The molecule has 2 aromatic carbocycles. The first-order valence-corrected chi connectivity index (χ1v) is 14.4. The number of alkyl halides is 2. The van der Waals surface area contributed by atoms with Crippen molar-refractivity contribution in [3.63, 3.8) is 0 Å². The number of anilines is 2. The van der Waals surface area contributed by atoms with Crippen LogP contribution in [0.1, 0.15) is 46.5 Å². The van der Waals surface area contributed by atoms with E-state index in [2.05, 4.69) is 10.2 Å². The number of carbonyl (C=O) groups excluding carboxylic acids is 3. The standard InChI is InChI=1S/C33H36F2N4O4/c1-22-14-19-43-29(22)21-30(40)36-24-10-8-23(9-11-24)32(42)39-18-15-33(34,35)27(26-6-4-5-7-28(26)39)20-31(41)38-16-12-25(13-17-38)37(2)3/h4-11,14,19-20,25H,12-13,15-18,21H2,1-3H3,(H,36,40)/b27-20-. The number of nitrogens with one attached hydrogen (secondary N) is 1. The fourth-order valence-corrected chi connectivity index (χ4v) is 5.64. The number of nitrogens with zero attached hydrogens (tertiary/aromatic N) is 3. The largest absolute Gasteiger partial charge is 0.469 e. The number of fused-ring (bicyclic) bond motifs is 1. The van der Waals surface area contributed by atoms with Crippen molar-refractivity contribution in [2.45, 2.75) is 44.6 Å².